The number of hydrogen-bond donors (Lipinski definition) is 0. The minimum Gasteiger partial charge on any atom is -0.462 e. The average Bonchev–Trinajstić information content (AvgIpc) is 3.51. The van der Waals surface area contributed by atoms with Gasteiger partial charge in [-0.15, -0.1) is 0 Å². The van der Waals surface area contributed by atoms with Gasteiger partial charge >= 0.3 is 29.7 Å². The summed E-state index contributed by atoms with van der Waals surface area (Å²) in [5, 5.41) is 0. The van der Waals surface area contributed by atoms with Gasteiger partial charge in [0, 0.05) is 0 Å². The lowest BCUT2D eigenvalue weighted by Gasteiger charge is -2.26. The predicted molar refractivity (Wildman–Crippen MR) is 172 cm³/mol. The highest BCUT2D eigenvalue weighted by molar-refractivity contribution is 6.29. The largest absolute Gasteiger partial charge is 0.462 e. The highest BCUT2D eigenvalue weighted by Gasteiger charge is 2.66. The highest BCUT2D eigenvalue weighted by atomic mass is 16.7. The van der Waals surface area contributed by atoms with Gasteiger partial charge in [-0.1, -0.05) is 36.4 Å². The number of rotatable bonds is 10. The van der Waals surface area contributed by atoms with Gasteiger partial charge < -0.3 is 28.4 Å². The molecule has 12 nitrogen and oxygen atoms in total. The molecule has 0 atom stereocenters. The first-order valence-electron chi connectivity index (χ1n) is 15.3. The minimum atomic E-state index is -2.60. The van der Waals surface area contributed by atoms with E-state index in [1.807, 2.05) is 12.1 Å². The summed E-state index contributed by atoms with van der Waals surface area (Å²) in [5.74, 6) is -7.57. The zero-order valence-corrected chi connectivity index (χ0v) is 27.8. The Labute approximate surface area is 273 Å². The summed E-state index contributed by atoms with van der Waals surface area (Å²) in [6.07, 6.45) is 0. The number of carbonyl (C=O) groups is 4. The van der Waals surface area contributed by atoms with E-state index in [1.54, 1.807) is 79.7 Å². The van der Waals surface area contributed by atoms with Crippen LogP contribution in [-0.2, 0) is 47.6 Å². The monoisotopic (exact) mass is 646 g/mol. The van der Waals surface area contributed by atoms with E-state index in [0.717, 1.165) is 22.3 Å². The molecule has 0 saturated heterocycles. The van der Waals surface area contributed by atoms with Crippen LogP contribution in [0.5, 0.6) is 0 Å². The van der Waals surface area contributed by atoms with Gasteiger partial charge in [-0.25, -0.2) is 29.2 Å². The number of ether oxygens (including phenoxy) is 6. The molecule has 2 aromatic rings. The molecule has 0 saturated carbocycles. The molecular weight excluding hydrogens is 608 g/mol. The first kappa shape index (κ1) is 34.6. The van der Waals surface area contributed by atoms with Crippen molar-refractivity contribution in [1.82, 2.24) is 0 Å². The van der Waals surface area contributed by atoms with Crippen LogP contribution in [0.1, 0.15) is 49.9 Å². The summed E-state index contributed by atoms with van der Waals surface area (Å²) in [6.45, 7) is 13.1. The van der Waals surface area contributed by atoms with E-state index in [2.05, 4.69) is 9.98 Å². The van der Waals surface area contributed by atoms with Crippen LogP contribution in [0, 0.1) is 27.7 Å². The fraction of sp³-hybridized carbons (Fsp3) is 0.371. The highest BCUT2D eigenvalue weighted by Crippen LogP contribution is 2.49. The van der Waals surface area contributed by atoms with E-state index in [0.29, 0.717) is 11.4 Å². The SMILES string of the molecule is CCOC(=O)C1=C(C(=O)OCC)C2(OC1=Nc1c(C)cccc1C)OC(=Nc1c(C)cccc1C)C(C(=O)OCC)=C2C(=O)OCC. The molecule has 2 aliphatic rings. The summed E-state index contributed by atoms with van der Waals surface area (Å²) in [4.78, 5) is 64.6. The summed E-state index contributed by atoms with van der Waals surface area (Å²) in [5.41, 5.74) is 1.71. The van der Waals surface area contributed by atoms with Crippen LogP contribution in [0.15, 0.2) is 68.7 Å². The van der Waals surface area contributed by atoms with Crippen LogP contribution in [0.2, 0.25) is 0 Å². The van der Waals surface area contributed by atoms with Crippen LogP contribution >= 0.6 is 0 Å². The van der Waals surface area contributed by atoms with Gasteiger partial charge in [-0.2, -0.15) is 0 Å². The first-order valence-corrected chi connectivity index (χ1v) is 15.3. The third-order valence-electron chi connectivity index (χ3n) is 7.29. The number of nitrogens with zero attached hydrogens (tertiary/aromatic N) is 2. The van der Waals surface area contributed by atoms with Crippen molar-refractivity contribution in [1.29, 1.82) is 0 Å². The molecule has 0 unspecified atom stereocenters. The van der Waals surface area contributed by atoms with Gasteiger partial charge in [-0.3, -0.25) is 0 Å². The normalized spacial score (nSPS) is 18.8. The summed E-state index contributed by atoms with van der Waals surface area (Å²) < 4.78 is 34.2. The third kappa shape index (κ3) is 6.53. The Morgan fingerprint density at radius 3 is 1.15 bits per heavy atom. The lowest BCUT2D eigenvalue weighted by molar-refractivity contribution is -0.150. The van der Waals surface area contributed by atoms with Crippen molar-refractivity contribution in [3.8, 4) is 0 Å². The lowest BCUT2D eigenvalue weighted by Crippen LogP contribution is -2.41. The second-order valence-corrected chi connectivity index (χ2v) is 10.5. The van der Waals surface area contributed by atoms with Gasteiger partial charge in [-0.05, 0) is 77.6 Å². The van der Waals surface area contributed by atoms with E-state index in [1.165, 1.54) is 0 Å². The molecule has 2 heterocycles. The van der Waals surface area contributed by atoms with Crippen molar-refractivity contribution in [3.05, 3.63) is 80.9 Å². The summed E-state index contributed by atoms with van der Waals surface area (Å²) in [7, 11) is 0. The molecule has 0 radical (unpaired) electrons. The number of hydrogen-bond acceptors (Lipinski definition) is 12. The topological polar surface area (TPSA) is 148 Å². The van der Waals surface area contributed by atoms with E-state index in [-0.39, 0.29) is 26.4 Å². The van der Waals surface area contributed by atoms with E-state index >= 15 is 0 Å². The molecule has 2 aliphatic heterocycles. The molecule has 47 heavy (non-hydrogen) atoms. The molecule has 0 amide bonds. The van der Waals surface area contributed by atoms with Crippen molar-refractivity contribution in [2.24, 2.45) is 9.98 Å². The van der Waals surface area contributed by atoms with Crippen LogP contribution < -0.4 is 0 Å². The number of aryl methyl sites for hydroxylation is 4. The Balaban J connectivity index is 2.18. The lowest BCUT2D eigenvalue weighted by atomic mass is 9.93. The maximum atomic E-state index is 13.9. The van der Waals surface area contributed by atoms with Gasteiger partial charge in [0.2, 0.25) is 11.8 Å². The van der Waals surface area contributed by atoms with Gasteiger partial charge in [0.15, 0.2) is 0 Å². The first-order chi connectivity index (χ1) is 22.4. The van der Waals surface area contributed by atoms with E-state index in [4.69, 9.17) is 28.4 Å². The Morgan fingerprint density at radius 2 is 0.851 bits per heavy atom. The molecule has 248 valence electrons. The van der Waals surface area contributed by atoms with Gasteiger partial charge in [0.05, 0.1) is 37.8 Å². The van der Waals surface area contributed by atoms with Gasteiger partial charge in [0.1, 0.15) is 22.3 Å². The zero-order valence-electron chi connectivity index (χ0n) is 27.8. The van der Waals surface area contributed by atoms with Crippen LogP contribution in [0.3, 0.4) is 0 Å². The fourth-order valence-electron chi connectivity index (χ4n) is 5.26. The smallest absolute Gasteiger partial charge is 0.344 e. The maximum absolute atomic E-state index is 13.9. The second kappa shape index (κ2) is 14.4. The number of esters is 4. The molecule has 4 rings (SSSR count). The fourth-order valence-corrected chi connectivity index (χ4v) is 5.26. The Bertz CT molecular complexity index is 1580. The molecule has 0 aliphatic carbocycles. The van der Waals surface area contributed by atoms with Crippen LogP contribution in [0.4, 0.5) is 11.4 Å². The Kier molecular flexibility index (Phi) is 10.6. The average molecular weight is 647 g/mol. The summed E-state index contributed by atoms with van der Waals surface area (Å²) >= 11 is 0. The molecular formula is C35H38N2O10. The second-order valence-electron chi connectivity index (χ2n) is 10.5. The minimum absolute atomic E-state index is 0.0725. The molecule has 1 spiro atoms. The van der Waals surface area contributed by atoms with E-state index in [9.17, 15) is 19.2 Å². The maximum Gasteiger partial charge on any atom is 0.344 e. The van der Waals surface area contributed by atoms with Crippen LogP contribution in [0.25, 0.3) is 0 Å². The Morgan fingerprint density at radius 1 is 0.553 bits per heavy atom. The standard InChI is InChI=1S/C35H38N2O10/c1-9-42-31(38)23-25(33(40)44-11-3)35(46-29(23)36-27-19(5)15-13-16-20(27)6)26(34(41)45-12-4)24(32(39)43-10-2)30(47-35)37-28-21(7)17-14-18-22(28)8/h13-18H,9-12H2,1-8H3. The van der Waals surface area contributed by atoms with Crippen molar-refractivity contribution in [3.63, 3.8) is 0 Å². The predicted octanol–water partition coefficient (Wildman–Crippen LogP) is 5.28. The number of benzene rings is 2. The van der Waals surface area contributed by atoms with Crippen molar-refractivity contribution >= 4 is 47.0 Å². The third-order valence-corrected chi connectivity index (χ3v) is 7.29. The number of carbonyl (C=O) groups excluding carboxylic acids is 4. The quantitative estimate of drug-likeness (QED) is 0.246. The molecule has 0 bridgehead atoms. The molecule has 0 N–H and O–H groups in total. The van der Waals surface area contributed by atoms with Crippen LogP contribution in [-0.4, -0.2) is 67.9 Å². The van der Waals surface area contributed by atoms with Crippen molar-refractivity contribution in [2.45, 2.75) is 61.2 Å². The molecule has 2 aromatic carbocycles. The van der Waals surface area contributed by atoms with Gasteiger partial charge in [0.25, 0.3) is 0 Å². The van der Waals surface area contributed by atoms with E-state index < -0.39 is 63.8 Å². The molecule has 0 fully saturated rings. The summed E-state index contributed by atoms with van der Waals surface area (Å²) in [6, 6.07) is 10.9. The number of para-hydroxylation sites is 2. The Hall–Kier alpha value is -5.26. The van der Waals surface area contributed by atoms with Crippen molar-refractivity contribution < 1.29 is 47.6 Å². The number of aliphatic imine (C=N–C) groups is 2. The molecule has 12 heteroatoms. The zero-order chi connectivity index (χ0) is 34.5. The van der Waals surface area contributed by atoms with Crippen molar-refractivity contribution in [2.75, 3.05) is 26.4 Å². The molecule has 0 aromatic heterocycles.